The fraction of sp³-hybridized carbons (Fsp3) is 0.571. The predicted molar refractivity (Wildman–Crippen MR) is 72.3 cm³/mol. The van der Waals surface area contributed by atoms with Crippen LogP contribution in [-0.4, -0.2) is 29.4 Å². The van der Waals surface area contributed by atoms with Crippen molar-refractivity contribution in [2.75, 3.05) is 19.3 Å². The third-order valence-corrected chi connectivity index (χ3v) is 3.69. The number of hydrogen-bond acceptors (Lipinski definition) is 3. The van der Waals surface area contributed by atoms with Gasteiger partial charge >= 0.3 is 0 Å². The van der Waals surface area contributed by atoms with Gasteiger partial charge in [-0.25, -0.2) is 0 Å². The number of carbonyl (C=O) groups is 1. The van der Waals surface area contributed by atoms with Crippen molar-refractivity contribution in [2.24, 2.45) is 5.92 Å². The third-order valence-electron chi connectivity index (χ3n) is 3.69. The van der Waals surface area contributed by atoms with Crippen LogP contribution in [0, 0.1) is 12.8 Å². The van der Waals surface area contributed by atoms with Crippen LogP contribution in [0.2, 0.25) is 0 Å². The van der Waals surface area contributed by atoms with E-state index in [-0.39, 0.29) is 5.91 Å². The van der Waals surface area contributed by atoms with E-state index in [9.17, 15) is 4.79 Å². The summed E-state index contributed by atoms with van der Waals surface area (Å²) in [4.78, 5) is 18.3. The van der Waals surface area contributed by atoms with Gasteiger partial charge in [-0.2, -0.15) is 0 Å². The summed E-state index contributed by atoms with van der Waals surface area (Å²) >= 11 is 0. The van der Waals surface area contributed by atoms with E-state index in [1.807, 2.05) is 14.0 Å². The summed E-state index contributed by atoms with van der Waals surface area (Å²) in [6.07, 6.45) is 6.66. The standard InChI is InChI=1S/C14H21N3O/c1-10-13(7-12(15)8-16-10)14(18)17(2)9-11-5-3-4-6-11/h7-8,11H,3-6,9,15H2,1-2H3. The van der Waals surface area contributed by atoms with E-state index in [1.54, 1.807) is 17.2 Å². The van der Waals surface area contributed by atoms with Gasteiger partial charge in [0.2, 0.25) is 0 Å². The van der Waals surface area contributed by atoms with Gasteiger partial charge in [0.1, 0.15) is 0 Å². The third kappa shape index (κ3) is 2.81. The summed E-state index contributed by atoms with van der Waals surface area (Å²) in [7, 11) is 1.86. The molecule has 0 bridgehead atoms. The van der Waals surface area contributed by atoms with E-state index in [0.29, 0.717) is 17.2 Å². The average molecular weight is 247 g/mol. The lowest BCUT2D eigenvalue weighted by molar-refractivity contribution is 0.0772. The lowest BCUT2D eigenvalue weighted by Gasteiger charge is -2.21. The number of amides is 1. The Kier molecular flexibility index (Phi) is 3.84. The molecule has 1 aromatic heterocycles. The van der Waals surface area contributed by atoms with Gasteiger partial charge in [-0.05, 0) is 31.7 Å². The van der Waals surface area contributed by atoms with Crippen molar-refractivity contribution in [2.45, 2.75) is 32.6 Å². The molecule has 1 aromatic rings. The van der Waals surface area contributed by atoms with Crippen LogP contribution in [-0.2, 0) is 0 Å². The van der Waals surface area contributed by atoms with Crippen LogP contribution in [0.4, 0.5) is 5.69 Å². The highest BCUT2D eigenvalue weighted by molar-refractivity contribution is 5.95. The maximum atomic E-state index is 12.3. The molecule has 1 aliphatic carbocycles. The van der Waals surface area contributed by atoms with Crippen molar-refractivity contribution in [1.82, 2.24) is 9.88 Å². The second-order valence-electron chi connectivity index (χ2n) is 5.24. The molecule has 18 heavy (non-hydrogen) atoms. The van der Waals surface area contributed by atoms with Crippen LogP contribution in [0.5, 0.6) is 0 Å². The highest BCUT2D eigenvalue weighted by Gasteiger charge is 2.21. The number of hydrogen-bond donors (Lipinski definition) is 1. The van der Waals surface area contributed by atoms with Crippen molar-refractivity contribution in [3.8, 4) is 0 Å². The molecule has 0 atom stereocenters. The van der Waals surface area contributed by atoms with Gasteiger partial charge in [-0.15, -0.1) is 0 Å². The Labute approximate surface area is 108 Å². The summed E-state index contributed by atoms with van der Waals surface area (Å²) < 4.78 is 0. The molecule has 1 heterocycles. The Morgan fingerprint density at radius 3 is 2.83 bits per heavy atom. The largest absolute Gasteiger partial charge is 0.397 e. The Bertz CT molecular complexity index is 439. The zero-order chi connectivity index (χ0) is 13.1. The van der Waals surface area contributed by atoms with Gasteiger partial charge in [-0.3, -0.25) is 9.78 Å². The molecule has 2 N–H and O–H groups in total. The highest BCUT2D eigenvalue weighted by Crippen LogP contribution is 2.25. The Morgan fingerprint density at radius 2 is 2.17 bits per heavy atom. The fourth-order valence-corrected chi connectivity index (χ4v) is 2.63. The molecule has 1 amide bonds. The maximum Gasteiger partial charge on any atom is 0.255 e. The first-order valence-electron chi connectivity index (χ1n) is 6.55. The molecule has 0 spiro atoms. The smallest absolute Gasteiger partial charge is 0.255 e. The summed E-state index contributed by atoms with van der Waals surface area (Å²) in [5.74, 6) is 0.687. The second-order valence-corrected chi connectivity index (χ2v) is 5.24. The van der Waals surface area contributed by atoms with Crippen LogP contribution in [0.1, 0.15) is 41.7 Å². The van der Waals surface area contributed by atoms with E-state index in [4.69, 9.17) is 5.73 Å². The van der Waals surface area contributed by atoms with Crippen LogP contribution in [0.25, 0.3) is 0 Å². The molecule has 4 heteroatoms. The monoisotopic (exact) mass is 247 g/mol. The number of carbonyl (C=O) groups excluding carboxylic acids is 1. The summed E-state index contributed by atoms with van der Waals surface area (Å²) in [6.45, 7) is 2.68. The molecule has 2 rings (SSSR count). The molecule has 0 aromatic carbocycles. The SMILES string of the molecule is Cc1ncc(N)cc1C(=O)N(C)CC1CCCC1. The van der Waals surface area contributed by atoms with Crippen LogP contribution in [0.3, 0.4) is 0 Å². The van der Waals surface area contributed by atoms with E-state index >= 15 is 0 Å². The Balaban J connectivity index is 2.07. The normalized spacial score (nSPS) is 15.9. The highest BCUT2D eigenvalue weighted by atomic mass is 16.2. The zero-order valence-corrected chi connectivity index (χ0v) is 11.1. The quantitative estimate of drug-likeness (QED) is 0.891. The van der Waals surface area contributed by atoms with E-state index in [2.05, 4.69) is 4.98 Å². The van der Waals surface area contributed by atoms with Crippen molar-refractivity contribution >= 4 is 11.6 Å². The predicted octanol–water partition coefficient (Wildman–Crippen LogP) is 2.23. The van der Waals surface area contributed by atoms with Crippen molar-refractivity contribution in [3.05, 3.63) is 23.5 Å². The van der Waals surface area contributed by atoms with Crippen molar-refractivity contribution in [3.63, 3.8) is 0 Å². The number of nitrogens with zero attached hydrogens (tertiary/aromatic N) is 2. The molecule has 98 valence electrons. The minimum Gasteiger partial charge on any atom is -0.397 e. The van der Waals surface area contributed by atoms with Gasteiger partial charge < -0.3 is 10.6 Å². The van der Waals surface area contributed by atoms with Crippen LogP contribution >= 0.6 is 0 Å². The summed E-state index contributed by atoms with van der Waals surface area (Å²) in [6, 6.07) is 1.72. The number of rotatable bonds is 3. The summed E-state index contributed by atoms with van der Waals surface area (Å²) in [5.41, 5.74) is 7.60. The van der Waals surface area contributed by atoms with E-state index in [0.717, 1.165) is 12.2 Å². The Hall–Kier alpha value is -1.58. The molecule has 1 saturated carbocycles. The Morgan fingerprint density at radius 1 is 1.50 bits per heavy atom. The minimum atomic E-state index is 0.0270. The topological polar surface area (TPSA) is 59.2 Å². The molecule has 0 radical (unpaired) electrons. The molecule has 1 aliphatic rings. The van der Waals surface area contributed by atoms with Crippen LogP contribution < -0.4 is 5.73 Å². The molecule has 0 unspecified atom stereocenters. The molecular weight excluding hydrogens is 226 g/mol. The average Bonchev–Trinajstić information content (AvgIpc) is 2.84. The number of anilines is 1. The van der Waals surface area contributed by atoms with Gasteiger partial charge in [0.25, 0.3) is 5.91 Å². The minimum absolute atomic E-state index is 0.0270. The number of aryl methyl sites for hydroxylation is 1. The number of pyridine rings is 1. The van der Waals surface area contributed by atoms with Gasteiger partial charge in [0.15, 0.2) is 0 Å². The van der Waals surface area contributed by atoms with E-state index < -0.39 is 0 Å². The number of aromatic nitrogens is 1. The molecule has 1 fully saturated rings. The zero-order valence-electron chi connectivity index (χ0n) is 11.1. The van der Waals surface area contributed by atoms with Crippen molar-refractivity contribution in [1.29, 1.82) is 0 Å². The van der Waals surface area contributed by atoms with Gasteiger partial charge in [0.05, 0.1) is 23.1 Å². The lowest BCUT2D eigenvalue weighted by atomic mass is 10.1. The van der Waals surface area contributed by atoms with Crippen LogP contribution in [0.15, 0.2) is 12.3 Å². The summed E-state index contributed by atoms with van der Waals surface area (Å²) in [5, 5.41) is 0. The number of nitrogen functional groups attached to an aromatic ring is 1. The first-order chi connectivity index (χ1) is 8.58. The first kappa shape index (κ1) is 12.9. The van der Waals surface area contributed by atoms with Crippen molar-refractivity contribution < 1.29 is 4.79 Å². The fourth-order valence-electron chi connectivity index (χ4n) is 2.63. The van der Waals surface area contributed by atoms with Gasteiger partial charge in [0, 0.05) is 13.6 Å². The molecule has 4 nitrogen and oxygen atoms in total. The molecule has 0 aliphatic heterocycles. The second kappa shape index (κ2) is 5.38. The first-order valence-corrected chi connectivity index (χ1v) is 6.55. The lowest BCUT2D eigenvalue weighted by Crippen LogP contribution is -2.31. The number of nitrogens with two attached hydrogens (primary N) is 1. The van der Waals surface area contributed by atoms with E-state index in [1.165, 1.54) is 25.7 Å². The molecule has 0 saturated heterocycles. The molecular formula is C14H21N3O. The maximum absolute atomic E-state index is 12.3. The van der Waals surface area contributed by atoms with Gasteiger partial charge in [-0.1, -0.05) is 12.8 Å².